The summed E-state index contributed by atoms with van der Waals surface area (Å²) in [5, 5.41) is 2.62. The molecule has 0 fully saturated rings. The number of carbonyl (C=O) groups is 1. The predicted molar refractivity (Wildman–Crippen MR) is 94.6 cm³/mol. The van der Waals surface area contributed by atoms with Crippen molar-refractivity contribution in [2.24, 2.45) is 0 Å². The smallest absolute Gasteiger partial charge is 0.255 e. The number of amides is 1. The van der Waals surface area contributed by atoms with Crippen LogP contribution in [0.5, 0.6) is 0 Å². The number of benzene rings is 3. The van der Waals surface area contributed by atoms with E-state index in [9.17, 15) is 13.6 Å². The zero-order chi connectivity index (χ0) is 17.6. The number of rotatable bonds is 5. The zero-order valence-electron chi connectivity index (χ0n) is 13.5. The van der Waals surface area contributed by atoms with E-state index in [0.717, 1.165) is 24.1 Å². The van der Waals surface area contributed by atoms with Gasteiger partial charge in [0, 0.05) is 17.3 Å². The van der Waals surface area contributed by atoms with Crippen LogP contribution in [0, 0.1) is 11.6 Å². The van der Waals surface area contributed by atoms with Crippen LogP contribution in [0.3, 0.4) is 0 Å². The molecule has 0 unspecified atom stereocenters. The molecule has 3 aromatic rings. The molecule has 0 aromatic heterocycles. The number of halogens is 2. The van der Waals surface area contributed by atoms with Crippen molar-refractivity contribution < 1.29 is 13.6 Å². The SMILES string of the molecule is O=C(Nc1ccc(F)c(F)c1)c1ccccc1CCc1ccccc1. The van der Waals surface area contributed by atoms with Gasteiger partial charge in [0.2, 0.25) is 0 Å². The maximum atomic E-state index is 13.3. The van der Waals surface area contributed by atoms with Crippen LogP contribution in [-0.4, -0.2) is 5.91 Å². The fourth-order valence-electron chi connectivity index (χ4n) is 2.66. The molecule has 2 nitrogen and oxygen atoms in total. The van der Waals surface area contributed by atoms with Gasteiger partial charge in [0.05, 0.1) is 0 Å². The molecule has 0 aliphatic rings. The van der Waals surface area contributed by atoms with Crippen molar-refractivity contribution in [3.63, 3.8) is 0 Å². The van der Waals surface area contributed by atoms with Gasteiger partial charge in [0.15, 0.2) is 11.6 Å². The van der Waals surface area contributed by atoms with E-state index in [0.29, 0.717) is 12.0 Å². The summed E-state index contributed by atoms with van der Waals surface area (Å²) in [6.07, 6.45) is 1.53. The number of nitrogens with one attached hydrogen (secondary N) is 1. The molecule has 25 heavy (non-hydrogen) atoms. The summed E-state index contributed by atoms with van der Waals surface area (Å²) in [7, 11) is 0. The standard InChI is InChI=1S/C21H17F2NO/c22-19-13-12-17(14-20(19)23)24-21(25)18-9-5-4-8-16(18)11-10-15-6-2-1-3-7-15/h1-9,12-14H,10-11H2,(H,24,25). The Morgan fingerprint density at radius 2 is 1.52 bits per heavy atom. The monoisotopic (exact) mass is 337 g/mol. The van der Waals surface area contributed by atoms with Crippen LogP contribution in [0.1, 0.15) is 21.5 Å². The summed E-state index contributed by atoms with van der Waals surface area (Å²) in [6, 6.07) is 20.6. The van der Waals surface area contributed by atoms with Crippen molar-refractivity contribution >= 4 is 11.6 Å². The lowest BCUT2D eigenvalue weighted by Gasteiger charge is -2.10. The fourth-order valence-corrected chi connectivity index (χ4v) is 2.66. The third kappa shape index (κ3) is 4.29. The Balaban J connectivity index is 1.75. The van der Waals surface area contributed by atoms with Gasteiger partial charge in [0.25, 0.3) is 5.91 Å². The summed E-state index contributed by atoms with van der Waals surface area (Å²) in [5.41, 5.74) is 2.86. The Morgan fingerprint density at radius 3 is 2.28 bits per heavy atom. The van der Waals surface area contributed by atoms with E-state index in [-0.39, 0.29) is 11.6 Å². The second kappa shape index (κ2) is 7.71. The molecular weight excluding hydrogens is 320 g/mol. The predicted octanol–water partition coefficient (Wildman–Crippen LogP) is 5.00. The van der Waals surface area contributed by atoms with Crippen LogP contribution in [0.4, 0.5) is 14.5 Å². The minimum absolute atomic E-state index is 0.224. The summed E-state index contributed by atoms with van der Waals surface area (Å²) in [5.74, 6) is -2.27. The lowest BCUT2D eigenvalue weighted by Crippen LogP contribution is -2.14. The van der Waals surface area contributed by atoms with Crippen LogP contribution in [0.2, 0.25) is 0 Å². The van der Waals surface area contributed by atoms with Crippen LogP contribution >= 0.6 is 0 Å². The second-order valence-corrected chi connectivity index (χ2v) is 5.73. The average Bonchev–Trinajstić information content (AvgIpc) is 2.64. The Hall–Kier alpha value is -3.01. The minimum atomic E-state index is -0.991. The van der Waals surface area contributed by atoms with E-state index >= 15 is 0 Å². The van der Waals surface area contributed by atoms with E-state index in [1.54, 1.807) is 12.1 Å². The molecule has 3 rings (SSSR count). The number of hydrogen-bond acceptors (Lipinski definition) is 1. The van der Waals surface area contributed by atoms with Gasteiger partial charge in [-0.2, -0.15) is 0 Å². The maximum Gasteiger partial charge on any atom is 0.255 e. The molecule has 3 aromatic carbocycles. The van der Waals surface area contributed by atoms with Crippen LogP contribution in [-0.2, 0) is 12.8 Å². The number of carbonyl (C=O) groups excluding carboxylic acids is 1. The van der Waals surface area contributed by atoms with E-state index in [2.05, 4.69) is 5.32 Å². The van der Waals surface area contributed by atoms with E-state index in [1.165, 1.54) is 11.6 Å². The van der Waals surface area contributed by atoms with Gasteiger partial charge in [-0.05, 0) is 42.2 Å². The van der Waals surface area contributed by atoms with Crippen LogP contribution < -0.4 is 5.32 Å². The molecule has 0 aliphatic heterocycles. The molecule has 126 valence electrons. The molecule has 4 heteroatoms. The van der Waals surface area contributed by atoms with Crippen molar-refractivity contribution in [1.82, 2.24) is 0 Å². The van der Waals surface area contributed by atoms with Gasteiger partial charge in [-0.1, -0.05) is 48.5 Å². The summed E-state index contributed by atoms with van der Waals surface area (Å²) in [4.78, 5) is 12.5. The molecular formula is C21H17F2NO. The average molecular weight is 337 g/mol. The van der Waals surface area contributed by atoms with Gasteiger partial charge in [-0.25, -0.2) is 8.78 Å². The molecule has 0 radical (unpaired) electrons. The third-order valence-electron chi connectivity index (χ3n) is 3.97. The highest BCUT2D eigenvalue weighted by atomic mass is 19.2. The molecule has 0 saturated heterocycles. The molecule has 0 spiro atoms. The summed E-state index contributed by atoms with van der Waals surface area (Å²) < 4.78 is 26.3. The number of aryl methyl sites for hydroxylation is 2. The molecule has 1 N–H and O–H groups in total. The Labute approximate surface area is 145 Å². The Kier molecular flexibility index (Phi) is 5.19. The van der Waals surface area contributed by atoms with Crippen molar-refractivity contribution in [2.75, 3.05) is 5.32 Å². The normalized spacial score (nSPS) is 10.5. The van der Waals surface area contributed by atoms with Gasteiger partial charge < -0.3 is 5.32 Å². The minimum Gasteiger partial charge on any atom is -0.322 e. The first kappa shape index (κ1) is 16.8. The quantitative estimate of drug-likeness (QED) is 0.697. The largest absolute Gasteiger partial charge is 0.322 e. The summed E-state index contributed by atoms with van der Waals surface area (Å²) >= 11 is 0. The van der Waals surface area contributed by atoms with Crippen molar-refractivity contribution in [3.05, 3.63) is 101 Å². The van der Waals surface area contributed by atoms with Crippen molar-refractivity contribution in [2.45, 2.75) is 12.8 Å². The Morgan fingerprint density at radius 1 is 0.800 bits per heavy atom. The number of hydrogen-bond donors (Lipinski definition) is 1. The van der Waals surface area contributed by atoms with Crippen LogP contribution in [0.15, 0.2) is 72.8 Å². The first-order valence-electron chi connectivity index (χ1n) is 8.02. The Bertz CT molecular complexity index is 878. The van der Waals surface area contributed by atoms with E-state index < -0.39 is 11.6 Å². The van der Waals surface area contributed by atoms with Crippen LogP contribution in [0.25, 0.3) is 0 Å². The lowest BCUT2D eigenvalue weighted by atomic mass is 9.99. The molecule has 0 saturated carbocycles. The number of anilines is 1. The topological polar surface area (TPSA) is 29.1 Å². The maximum absolute atomic E-state index is 13.3. The van der Waals surface area contributed by atoms with Gasteiger partial charge in [-0.15, -0.1) is 0 Å². The van der Waals surface area contributed by atoms with Gasteiger partial charge >= 0.3 is 0 Å². The van der Waals surface area contributed by atoms with Gasteiger partial charge in [-0.3, -0.25) is 4.79 Å². The fraction of sp³-hybridized carbons (Fsp3) is 0.0952. The molecule has 0 bridgehead atoms. The van der Waals surface area contributed by atoms with Gasteiger partial charge in [0.1, 0.15) is 0 Å². The molecule has 0 aliphatic carbocycles. The highest BCUT2D eigenvalue weighted by molar-refractivity contribution is 6.05. The van der Waals surface area contributed by atoms with E-state index in [4.69, 9.17) is 0 Å². The highest BCUT2D eigenvalue weighted by Crippen LogP contribution is 2.17. The molecule has 1 amide bonds. The lowest BCUT2D eigenvalue weighted by molar-refractivity contribution is 0.102. The second-order valence-electron chi connectivity index (χ2n) is 5.73. The highest BCUT2D eigenvalue weighted by Gasteiger charge is 2.12. The first-order valence-corrected chi connectivity index (χ1v) is 8.02. The van der Waals surface area contributed by atoms with Crippen molar-refractivity contribution in [3.8, 4) is 0 Å². The zero-order valence-corrected chi connectivity index (χ0v) is 13.5. The molecule has 0 heterocycles. The first-order chi connectivity index (χ1) is 12.1. The van der Waals surface area contributed by atoms with Crippen molar-refractivity contribution in [1.29, 1.82) is 0 Å². The summed E-state index contributed by atoms with van der Waals surface area (Å²) in [6.45, 7) is 0. The molecule has 0 atom stereocenters. The van der Waals surface area contributed by atoms with E-state index in [1.807, 2.05) is 42.5 Å². The third-order valence-corrected chi connectivity index (χ3v) is 3.97.